The molecule has 1 atom stereocenters. The minimum atomic E-state index is -4.60. The van der Waals surface area contributed by atoms with Crippen molar-refractivity contribution < 1.29 is 28.1 Å². The van der Waals surface area contributed by atoms with Crippen molar-refractivity contribution in [2.45, 2.75) is 23.6 Å². The zero-order valence-electron chi connectivity index (χ0n) is 18.6. The number of H-pyrrole nitrogens is 1. The summed E-state index contributed by atoms with van der Waals surface area (Å²) in [5.41, 5.74) is -0.952. The molecule has 1 fully saturated rings. The molecule has 3 N–H and O–H groups in total. The number of aliphatic hydroxyl groups is 1. The number of aliphatic hydroxyl groups excluding tert-OH is 1. The summed E-state index contributed by atoms with van der Waals surface area (Å²) >= 11 is 7.15. The van der Waals surface area contributed by atoms with Crippen molar-refractivity contribution in [3.8, 4) is 16.9 Å². The van der Waals surface area contributed by atoms with Crippen LogP contribution < -0.4 is 5.56 Å². The summed E-state index contributed by atoms with van der Waals surface area (Å²) in [5.74, 6) is -0.0833. The van der Waals surface area contributed by atoms with Gasteiger partial charge in [0, 0.05) is 52.4 Å². The number of thioether (sulfide) groups is 1. The Labute approximate surface area is 208 Å². The van der Waals surface area contributed by atoms with E-state index >= 15 is 0 Å². The number of pyridine rings is 1. The van der Waals surface area contributed by atoms with Crippen LogP contribution in [0, 0.1) is 0 Å². The molecule has 1 saturated heterocycles. The fourth-order valence-corrected chi connectivity index (χ4v) is 5.23. The third kappa shape index (κ3) is 6.13. The van der Waals surface area contributed by atoms with Crippen molar-refractivity contribution in [3.63, 3.8) is 0 Å². The van der Waals surface area contributed by atoms with Crippen molar-refractivity contribution in [1.29, 1.82) is 0 Å². The van der Waals surface area contributed by atoms with Crippen molar-refractivity contribution >= 4 is 34.3 Å². The molecule has 0 spiro atoms. The Hall–Kier alpha value is -2.24. The monoisotopic (exact) mass is 528 g/mol. The molecule has 1 aliphatic heterocycles. The Kier molecular flexibility index (Phi) is 7.97. The summed E-state index contributed by atoms with van der Waals surface area (Å²) in [5, 5.41) is 21.4. The number of aromatic nitrogens is 1. The van der Waals surface area contributed by atoms with E-state index in [0.717, 1.165) is 37.0 Å². The molecule has 0 saturated carbocycles. The molecule has 11 heteroatoms. The Morgan fingerprint density at radius 2 is 1.91 bits per heavy atom. The van der Waals surface area contributed by atoms with E-state index < -0.39 is 23.4 Å². The maximum absolute atomic E-state index is 13.5. The molecule has 0 amide bonds. The van der Waals surface area contributed by atoms with Gasteiger partial charge in [-0.2, -0.15) is 13.2 Å². The molecule has 2 aromatic carbocycles. The lowest BCUT2D eigenvalue weighted by atomic mass is 9.98. The summed E-state index contributed by atoms with van der Waals surface area (Å²) in [4.78, 5) is 17.9. The van der Waals surface area contributed by atoms with Gasteiger partial charge in [0.15, 0.2) is 0 Å². The van der Waals surface area contributed by atoms with E-state index in [0.29, 0.717) is 26.2 Å². The van der Waals surface area contributed by atoms with Gasteiger partial charge in [0.1, 0.15) is 5.75 Å². The van der Waals surface area contributed by atoms with E-state index in [2.05, 4.69) is 9.88 Å². The number of hydrogen-bond acceptors (Lipinski definition) is 6. The van der Waals surface area contributed by atoms with Crippen LogP contribution in [-0.2, 0) is 10.9 Å². The third-order valence-electron chi connectivity index (χ3n) is 5.83. The molecule has 0 radical (unpaired) electrons. The first-order valence-corrected chi connectivity index (χ1v) is 12.4. The Bertz CT molecular complexity index is 1260. The van der Waals surface area contributed by atoms with Crippen molar-refractivity contribution in [3.05, 3.63) is 57.3 Å². The number of ether oxygens (including phenoxy) is 1. The fraction of sp³-hybridized carbons (Fsp3) is 0.375. The van der Waals surface area contributed by atoms with Crippen LogP contribution in [0.1, 0.15) is 12.0 Å². The Balaban J connectivity index is 1.72. The van der Waals surface area contributed by atoms with Gasteiger partial charge in [0.25, 0.3) is 5.56 Å². The van der Waals surface area contributed by atoms with Crippen LogP contribution in [0.15, 0.2) is 46.1 Å². The third-order valence-corrected chi connectivity index (χ3v) is 7.29. The molecule has 1 aromatic heterocycles. The fourth-order valence-electron chi connectivity index (χ4n) is 3.98. The van der Waals surface area contributed by atoms with E-state index in [1.807, 2.05) is 0 Å². The first-order chi connectivity index (χ1) is 16.6. The van der Waals surface area contributed by atoms with Crippen LogP contribution in [0.4, 0.5) is 13.2 Å². The molecular formula is C24H24ClF3N2O4S. The second-order valence-corrected chi connectivity index (χ2v) is 9.75. The highest BCUT2D eigenvalue weighted by molar-refractivity contribution is 7.99. The minimum absolute atomic E-state index is 0.0970. The van der Waals surface area contributed by atoms with Gasteiger partial charge >= 0.3 is 6.18 Å². The lowest BCUT2D eigenvalue weighted by Gasteiger charge is -2.27. The summed E-state index contributed by atoms with van der Waals surface area (Å²) in [6, 6.07) is 7.20. The smallest absolute Gasteiger partial charge is 0.416 e. The Morgan fingerprint density at radius 1 is 1.17 bits per heavy atom. The quantitative estimate of drug-likeness (QED) is 0.384. The number of hydrogen-bond donors (Lipinski definition) is 3. The highest BCUT2D eigenvalue weighted by Gasteiger charge is 2.31. The summed E-state index contributed by atoms with van der Waals surface area (Å²) in [6.45, 7) is 3.51. The lowest BCUT2D eigenvalue weighted by molar-refractivity contribution is -0.137. The number of aromatic hydroxyl groups is 1. The number of fused-ring (bicyclic) bond motifs is 1. The van der Waals surface area contributed by atoms with Crippen LogP contribution in [0.5, 0.6) is 5.75 Å². The molecular weight excluding hydrogens is 505 g/mol. The molecule has 1 aliphatic rings. The van der Waals surface area contributed by atoms with E-state index in [9.17, 15) is 28.2 Å². The number of benzene rings is 2. The largest absolute Gasteiger partial charge is 0.507 e. The van der Waals surface area contributed by atoms with Gasteiger partial charge in [-0.1, -0.05) is 11.6 Å². The number of rotatable bonds is 7. The van der Waals surface area contributed by atoms with E-state index in [4.69, 9.17) is 16.3 Å². The Morgan fingerprint density at radius 3 is 2.63 bits per heavy atom. The number of nitrogens with one attached hydrogen (secondary N) is 1. The number of alkyl halides is 3. The highest BCUT2D eigenvalue weighted by Crippen LogP contribution is 2.42. The number of phenols is 1. The predicted octanol–water partition coefficient (Wildman–Crippen LogP) is 4.75. The molecule has 3 aromatic rings. The topological polar surface area (TPSA) is 85.8 Å². The van der Waals surface area contributed by atoms with E-state index in [1.165, 1.54) is 24.3 Å². The van der Waals surface area contributed by atoms with Crippen molar-refractivity contribution in [1.82, 2.24) is 9.88 Å². The van der Waals surface area contributed by atoms with Crippen LogP contribution >= 0.6 is 23.4 Å². The van der Waals surface area contributed by atoms with Crippen molar-refractivity contribution in [2.75, 3.05) is 38.6 Å². The minimum Gasteiger partial charge on any atom is -0.507 e. The molecule has 1 unspecified atom stereocenters. The summed E-state index contributed by atoms with van der Waals surface area (Å²) in [7, 11) is 0. The van der Waals surface area contributed by atoms with Gasteiger partial charge in [-0.25, -0.2) is 0 Å². The predicted molar refractivity (Wildman–Crippen MR) is 130 cm³/mol. The van der Waals surface area contributed by atoms with Crippen LogP contribution in [0.3, 0.4) is 0 Å². The number of nitrogens with zero attached hydrogens (tertiary/aromatic N) is 1. The van der Waals surface area contributed by atoms with Gasteiger partial charge in [0.2, 0.25) is 0 Å². The highest BCUT2D eigenvalue weighted by atomic mass is 35.5. The molecule has 2 heterocycles. The molecule has 0 bridgehead atoms. The van der Waals surface area contributed by atoms with Gasteiger partial charge in [-0.05, 0) is 42.8 Å². The summed E-state index contributed by atoms with van der Waals surface area (Å²) in [6.07, 6.45) is -4.88. The summed E-state index contributed by atoms with van der Waals surface area (Å²) < 4.78 is 45.7. The van der Waals surface area contributed by atoms with Crippen LogP contribution in [0.25, 0.3) is 22.0 Å². The van der Waals surface area contributed by atoms with E-state index in [-0.39, 0.29) is 43.5 Å². The number of morpholine rings is 1. The molecule has 188 valence electrons. The van der Waals surface area contributed by atoms with Gasteiger partial charge in [-0.15, -0.1) is 11.8 Å². The molecule has 6 nitrogen and oxygen atoms in total. The number of phenolic OH excluding ortho intramolecular Hbond substituents is 1. The lowest BCUT2D eigenvalue weighted by Crippen LogP contribution is -2.38. The average molecular weight is 529 g/mol. The number of halogens is 4. The maximum Gasteiger partial charge on any atom is 0.416 e. The van der Waals surface area contributed by atoms with Gasteiger partial charge in [-0.3, -0.25) is 9.69 Å². The second kappa shape index (κ2) is 10.8. The zero-order valence-corrected chi connectivity index (χ0v) is 20.1. The van der Waals surface area contributed by atoms with Crippen LogP contribution in [0.2, 0.25) is 5.02 Å². The molecule has 0 aliphatic carbocycles. The molecule has 35 heavy (non-hydrogen) atoms. The van der Waals surface area contributed by atoms with Crippen molar-refractivity contribution in [2.24, 2.45) is 0 Å². The first kappa shape index (κ1) is 25.8. The average Bonchev–Trinajstić information content (AvgIpc) is 2.82. The normalized spacial score (nSPS) is 16.0. The zero-order chi connectivity index (χ0) is 25.2. The molecule has 4 rings (SSSR count). The second-order valence-electron chi connectivity index (χ2n) is 8.29. The number of aromatic amines is 1. The standard InChI is InChI=1S/C24H24ClF3N2O4S/c25-15-2-4-20(32)18(12-15)21-17-11-14(24(26,27)28)1-3-19(17)29-23(33)22(21)35-13-16(31)5-6-30-7-9-34-10-8-30/h1-4,11-12,16,31-32H,5-10,13H2,(H,29,33). The van der Waals surface area contributed by atoms with Crippen LogP contribution in [-0.4, -0.2) is 64.8 Å². The van der Waals surface area contributed by atoms with Gasteiger partial charge in [0.05, 0.1) is 29.8 Å². The van der Waals surface area contributed by atoms with E-state index in [1.54, 1.807) is 0 Å². The maximum atomic E-state index is 13.5. The SMILES string of the molecule is O=c1[nH]c2ccc(C(F)(F)F)cc2c(-c2cc(Cl)ccc2O)c1SCC(O)CCN1CCOCC1. The first-order valence-electron chi connectivity index (χ1n) is 11.0. The van der Waals surface area contributed by atoms with Gasteiger partial charge < -0.3 is 19.9 Å².